The molecule has 1 aliphatic rings. The molecular formula is C30H29F2N3O5S. The zero-order chi connectivity index (χ0) is 29.5. The molecule has 3 aromatic carbocycles. The van der Waals surface area contributed by atoms with Gasteiger partial charge in [0.2, 0.25) is 10.0 Å². The SMILES string of the molecule is CNC(=O)c1c(-c2ccc(F)cc2)oc2cc(N(C)S(C)(=O)=O)c([C@H]3CCCN(C(=O)c4ccc(F)cc4)C3)cc12. The van der Waals surface area contributed by atoms with E-state index in [-0.39, 0.29) is 28.7 Å². The van der Waals surface area contributed by atoms with Crippen LogP contribution in [0.3, 0.4) is 0 Å². The third-order valence-corrected chi connectivity index (χ3v) is 8.67. The van der Waals surface area contributed by atoms with E-state index in [0.717, 1.165) is 10.6 Å². The number of rotatable bonds is 6. The number of carbonyl (C=O) groups is 2. The minimum absolute atomic E-state index is 0.223. The molecule has 8 nitrogen and oxygen atoms in total. The van der Waals surface area contributed by atoms with Crippen molar-refractivity contribution in [1.29, 1.82) is 0 Å². The topological polar surface area (TPSA) is 99.9 Å². The fraction of sp³-hybridized carbons (Fsp3) is 0.267. The summed E-state index contributed by atoms with van der Waals surface area (Å²) < 4.78 is 59.7. The van der Waals surface area contributed by atoms with Crippen LogP contribution < -0.4 is 9.62 Å². The molecule has 1 N–H and O–H groups in total. The van der Waals surface area contributed by atoms with E-state index in [4.69, 9.17) is 4.42 Å². The number of nitrogens with zero attached hydrogens (tertiary/aromatic N) is 2. The number of hydrogen-bond acceptors (Lipinski definition) is 5. The number of benzene rings is 3. The van der Waals surface area contributed by atoms with Crippen LogP contribution in [0.15, 0.2) is 65.1 Å². The summed E-state index contributed by atoms with van der Waals surface area (Å²) in [5.74, 6) is -1.59. The molecule has 2 heterocycles. The highest BCUT2D eigenvalue weighted by Gasteiger charge is 2.31. The van der Waals surface area contributed by atoms with E-state index in [1.807, 2.05) is 0 Å². The van der Waals surface area contributed by atoms with Crippen molar-refractivity contribution >= 4 is 38.5 Å². The number of hydrogen-bond donors (Lipinski definition) is 1. The van der Waals surface area contributed by atoms with Crippen molar-refractivity contribution in [3.63, 3.8) is 0 Å². The van der Waals surface area contributed by atoms with Crippen molar-refractivity contribution in [1.82, 2.24) is 10.2 Å². The molecule has 1 aromatic heterocycles. The lowest BCUT2D eigenvalue weighted by Gasteiger charge is -2.35. The van der Waals surface area contributed by atoms with Crippen LogP contribution in [-0.4, -0.2) is 58.6 Å². The molecule has 0 bridgehead atoms. The standard InChI is InChI=1S/C30H29F2N3O5S/c1-33-29(36)27-24-15-23(20-5-4-14-35(17-20)30(37)19-8-12-22(32)13-9-19)25(34(2)41(3,38)39)16-26(24)40-28(27)18-6-10-21(31)11-7-18/h6-13,15-16,20H,4-5,14,17H2,1-3H3,(H,33,36)/t20-/m0/s1. The number of carbonyl (C=O) groups excluding carboxylic acids is 2. The van der Waals surface area contributed by atoms with Crippen molar-refractivity contribution < 1.29 is 31.2 Å². The first-order valence-corrected chi connectivity index (χ1v) is 14.9. The molecule has 5 rings (SSSR count). The molecule has 4 aromatic rings. The fourth-order valence-electron chi connectivity index (χ4n) is 5.27. The van der Waals surface area contributed by atoms with Crippen molar-refractivity contribution in [2.45, 2.75) is 18.8 Å². The number of fused-ring (bicyclic) bond motifs is 1. The van der Waals surface area contributed by atoms with Crippen molar-refractivity contribution in [2.24, 2.45) is 0 Å². The first kappa shape index (κ1) is 28.3. The number of halogens is 2. The number of anilines is 1. The van der Waals surface area contributed by atoms with Crippen molar-refractivity contribution in [3.05, 3.63) is 89.0 Å². The Balaban J connectivity index is 1.65. The van der Waals surface area contributed by atoms with Gasteiger partial charge in [-0.05, 0) is 73.0 Å². The van der Waals surface area contributed by atoms with Gasteiger partial charge in [-0.3, -0.25) is 13.9 Å². The maximum Gasteiger partial charge on any atom is 0.255 e. The molecule has 0 aliphatic carbocycles. The summed E-state index contributed by atoms with van der Waals surface area (Å²) in [7, 11) is -0.762. The smallest absolute Gasteiger partial charge is 0.255 e. The second kappa shape index (κ2) is 11.0. The first-order chi connectivity index (χ1) is 19.5. The van der Waals surface area contributed by atoms with Crippen LogP contribution in [0.5, 0.6) is 0 Å². The highest BCUT2D eigenvalue weighted by Crippen LogP contribution is 2.42. The lowest BCUT2D eigenvalue weighted by atomic mass is 9.87. The Morgan fingerprint density at radius 3 is 2.27 bits per heavy atom. The predicted octanol–water partition coefficient (Wildman–Crippen LogP) is 5.15. The quantitative estimate of drug-likeness (QED) is 0.340. The van der Waals surface area contributed by atoms with Gasteiger partial charge in [-0.15, -0.1) is 0 Å². The second-order valence-electron chi connectivity index (χ2n) is 10.1. The Morgan fingerprint density at radius 1 is 1.02 bits per heavy atom. The monoisotopic (exact) mass is 581 g/mol. The molecule has 0 unspecified atom stereocenters. The van der Waals surface area contributed by atoms with Gasteiger partial charge >= 0.3 is 0 Å². The van der Waals surface area contributed by atoms with E-state index in [9.17, 15) is 26.8 Å². The molecule has 0 spiro atoms. The Labute approximate surface area is 236 Å². The van der Waals surface area contributed by atoms with Gasteiger partial charge in [0.1, 0.15) is 23.0 Å². The number of furan rings is 1. The Hall–Kier alpha value is -4.25. The highest BCUT2D eigenvalue weighted by molar-refractivity contribution is 7.92. The summed E-state index contributed by atoms with van der Waals surface area (Å²) in [5, 5.41) is 3.09. The molecule has 11 heteroatoms. The van der Waals surface area contributed by atoms with E-state index in [2.05, 4.69) is 5.32 Å². The van der Waals surface area contributed by atoms with Gasteiger partial charge in [-0.1, -0.05) is 0 Å². The highest BCUT2D eigenvalue weighted by atomic mass is 32.2. The zero-order valence-electron chi connectivity index (χ0n) is 22.8. The molecule has 1 atom stereocenters. The summed E-state index contributed by atoms with van der Waals surface area (Å²) in [4.78, 5) is 28.0. The lowest BCUT2D eigenvalue weighted by molar-refractivity contribution is 0.0707. The van der Waals surface area contributed by atoms with Gasteiger partial charge in [0, 0.05) is 55.7 Å². The average molecular weight is 582 g/mol. The molecule has 1 saturated heterocycles. The molecule has 1 fully saturated rings. The number of amides is 2. The summed E-state index contributed by atoms with van der Waals surface area (Å²) >= 11 is 0. The van der Waals surface area contributed by atoms with Crippen molar-refractivity contribution in [3.8, 4) is 11.3 Å². The zero-order valence-corrected chi connectivity index (χ0v) is 23.6. The summed E-state index contributed by atoms with van der Waals surface area (Å²) in [6, 6.07) is 14.2. The fourth-order valence-corrected chi connectivity index (χ4v) is 5.79. The van der Waals surface area contributed by atoms with E-state index >= 15 is 0 Å². The normalized spacial score (nSPS) is 15.6. The molecular weight excluding hydrogens is 552 g/mol. The molecule has 214 valence electrons. The molecule has 0 saturated carbocycles. The van der Waals surface area contributed by atoms with E-state index in [1.165, 1.54) is 62.6 Å². The van der Waals surface area contributed by atoms with Crippen LogP contribution in [0.2, 0.25) is 0 Å². The summed E-state index contributed by atoms with van der Waals surface area (Å²) in [5.41, 5.74) is 2.36. The third-order valence-electron chi connectivity index (χ3n) is 7.47. The van der Waals surface area contributed by atoms with Crippen LogP contribution in [0.25, 0.3) is 22.3 Å². The third kappa shape index (κ3) is 5.54. The van der Waals surface area contributed by atoms with Crippen LogP contribution in [0.1, 0.15) is 45.0 Å². The predicted molar refractivity (Wildman–Crippen MR) is 153 cm³/mol. The van der Waals surface area contributed by atoms with Gasteiger partial charge in [-0.25, -0.2) is 17.2 Å². The molecule has 41 heavy (non-hydrogen) atoms. The summed E-state index contributed by atoms with van der Waals surface area (Å²) in [6.07, 6.45) is 2.42. The Bertz CT molecular complexity index is 1730. The van der Waals surface area contributed by atoms with Gasteiger partial charge in [-0.2, -0.15) is 0 Å². The largest absolute Gasteiger partial charge is 0.455 e. The maximum absolute atomic E-state index is 13.6. The lowest BCUT2D eigenvalue weighted by Crippen LogP contribution is -2.39. The van der Waals surface area contributed by atoms with Crippen molar-refractivity contribution in [2.75, 3.05) is 37.7 Å². The Kier molecular flexibility index (Phi) is 7.56. The van der Waals surface area contributed by atoms with Gasteiger partial charge < -0.3 is 14.6 Å². The van der Waals surface area contributed by atoms with Gasteiger partial charge in [0.15, 0.2) is 0 Å². The first-order valence-electron chi connectivity index (χ1n) is 13.0. The van der Waals surface area contributed by atoms with E-state index in [1.54, 1.807) is 17.0 Å². The van der Waals surface area contributed by atoms with Gasteiger partial charge in [0.25, 0.3) is 11.8 Å². The maximum atomic E-state index is 13.6. The summed E-state index contributed by atoms with van der Waals surface area (Å²) in [6.45, 7) is 0.792. The Morgan fingerprint density at radius 2 is 1.66 bits per heavy atom. The van der Waals surface area contributed by atoms with E-state index < -0.39 is 27.6 Å². The molecule has 1 aliphatic heterocycles. The molecule has 2 amide bonds. The molecule has 0 radical (unpaired) electrons. The van der Waals surface area contributed by atoms with Gasteiger partial charge in [0.05, 0.1) is 17.5 Å². The average Bonchev–Trinajstić information content (AvgIpc) is 3.34. The van der Waals surface area contributed by atoms with Crippen LogP contribution >= 0.6 is 0 Å². The van der Waals surface area contributed by atoms with Crippen LogP contribution in [-0.2, 0) is 10.0 Å². The number of sulfonamides is 1. The number of piperidine rings is 1. The second-order valence-corrected chi connectivity index (χ2v) is 12.1. The van der Waals surface area contributed by atoms with Crippen LogP contribution in [0, 0.1) is 11.6 Å². The number of likely N-dealkylation sites (tertiary alicyclic amines) is 1. The van der Waals surface area contributed by atoms with E-state index in [0.29, 0.717) is 53.7 Å². The van der Waals surface area contributed by atoms with Crippen LogP contribution in [0.4, 0.5) is 14.5 Å². The minimum atomic E-state index is -3.69. The number of nitrogens with one attached hydrogen (secondary N) is 1. The minimum Gasteiger partial charge on any atom is -0.455 e.